The molecule has 2 rings (SSSR count). The molecule has 0 heterocycles. The molecule has 0 bridgehead atoms. The Labute approximate surface area is 117 Å². The molecule has 20 heavy (non-hydrogen) atoms. The summed E-state index contributed by atoms with van der Waals surface area (Å²) in [6, 6.07) is 10.0. The third kappa shape index (κ3) is 2.96. The summed E-state index contributed by atoms with van der Waals surface area (Å²) < 4.78 is 13.4. The van der Waals surface area contributed by atoms with E-state index in [1.165, 1.54) is 6.07 Å². The first kappa shape index (κ1) is 14.1. The first-order valence-corrected chi connectivity index (χ1v) is 6.37. The Morgan fingerprint density at radius 2 is 1.80 bits per heavy atom. The van der Waals surface area contributed by atoms with Gasteiger partial charge in [0.1, 0.15) is 5.82 Å². The van der Waals surface area contributed by atoms with Crippen molar-refractivity contribution in [1.82, 2.24) is 0 Å². The molecule has 2 N–H and O–H groups in total. The summed E-state index contributed by atoms with van der Waals surface area (Å²) in [5.41, 5.74) is 3.51. The van der Waals surface area contributed by atoms with E-state index in [-0.39, 0.29) is 11.7 Å². The van der Waals surface area contributed by atoms with Crippen molar-refractivity contribution in [1.29, 1.82) is 0 Å². The van der Waals surface area contributed by atoms with Crippen LogP contribution in [0.4, 0.5) is 15.8 Å². The van der Waals surface area contributed by atoms with Gasteiger partial charge in [-0.15, -0.1) is 0 Å². The second-order valence-corrected chi connectivity index (χ2v) is 4.70. The minimum Gasteiger partial charge on any atom is -0.388 e. The Morgan fingerprint density at radius 1 is 1.05 bits per heavy atom. The van der Waals surface area contributed by atoms with E-state index in [4.69, 9.17) is 0 Å². The number of aryl methyl sites for hydroxylation is 2. The maximum atomic E-state index is 13.4. The monoisotopic (exact) mass is 272 g/mol. The van der Waals surface area contributed by atoms with Crippen LogP contribution >= 0.6 is 0 Å². The largest absolute Gasteiger partial charge is 0.388 e. The lowest BCUT2D eigenvalue weighted by Crippen LogP contribution is -2.12. The normalized spacial score (nSPS) is 10.2. The minimum absolute atomic E-state index is 0.251. The molecular formula is C16H17FN2O. The van der Waals surface area contributed by atoms with Crippen LogP contribution in [0.25, 0.3) is 0 Å². The SMILES string of the molecule is CNc1ccc(C(=O)Nc2ccc(C)c(F)c2)cc1C. The number of anilines is 2. The minimum atomic E-state index is -0.329. The molecule has 0 spiro atoms. The van der Waals surface area contributed by atoms with Crippen LogP contribution in [0, 0.1) is 19.7 Å². The van der Waals surface area contributed by atoms with Crippen molar-refractivity contribution in [3.05, 3.63) is 58.9 Å². The summed E-state index contributed by atoms with van der Waals surface area (Å²) in [6.07, 6.45) is 0. The van der Waals surface area contributed by atoms with E-state index in [2.05, 4.69) is 10.6 Å². The van der Waals surface area contributed by atoms with E-state index in [0.29, 0.717) is 16.8 Å². The number of carbonyl (C=O) groups is 1. The van der Waals surface area contributed by atoms with Crippen molar-refractivity contribution in [2.75, 3.05) is 17.7 Å². The van der Waals surface area contributed by atoms with Gasteiger partial charge in [-0.05, 0) is 55.3 Å². The predicted molar refractivity (Wildman–Crippen MR) is 79.8 cm³/mol. The number of hydrogen-bond donors (Lipinski definition) is 2. The van der Waals surface area contributed by atoms with Gasteiger partial charge in [-0.3, -0.25) is 4.79 Å². The lowest BCUT2D eigenvalue weighted by molar-refractivity contribution is 0.102. The molecule has 0 fully saturated rings. The molecule has 2 aromatic carbocycles. The van der Waals surface area contributed by atoms with Gasteiger partial charge in [0, 0.05) is 24.0 Å². The molecule has 0 radical (unpaired) electrons. The highest BCUT2D eigenvalue weighted by molar-refractivity contribution is 6.04. The quantitative estimate of drug-likeness (QED) is 0.893. The van der Waals surface area contributed by atoms with Gasteiger partial charge in [0.15, 0.2) is 0 Å². The first-order chi connectivity index (χ1) is 9.51. The molecule has 0 atom stereocenters. The molecule has 4 heteroatoms. The highest BCUT2D eigenvalue weighted by Crippen LogP contribution is 2.18. The number of amides is 1. The molecule has 0 aliphatic heterocycles. The second kappa shape index (κ2) is 5.74. The fraction of sp³-hybridized carbons (Fsp3) is 0.188. The van der Waals surface area contributed by atoms with Crippen molar-refractivity contribution < 1.29 is 9.18 Å². The predicted octanol–water partition coefficient (Wildman–Crippen LogP) is 3.74. The summed E-state index contributed by atoms with van der Waals surface area (Å²) in [5, 5.41) is 5.74. The van der Waals surface area contributed by atoms with Gasteiger partial charge < -0.3 is 10.6 Å². The molecule has 0 aliphatic rings. The van der Waals surface area contributed by atoms with E-state index in [1.54, 1.807) is 31.2 Å². The van der Waals surface area contributed by atoms with Crippen molar-refractivity contribution in [3.8, 4) is 0 Å². The van der Waals surface area contributed by atoms with Gasteiger partial charge in [-0.2, -0.15) is 0 Å². The second-order valence-electron chi connectivity index (χ2n) is 4.70. The maximum absolute atomic E-state index is 13.4. The first-order valence-electron chi connectivity index (χ1n) is 6.37. The smallest absolute Gasteiger partial charge is 0.255 e. The number of rotatable bonds is 3. The zero-order valence-electron chi connectivity index (χ0n) is 11.8. The average molecular weight is 272 g/mol. The Hall–Kier alpha value is -2.36. The number of hydrogen-bond acceptors (Lipinski definition) is 2. The third-order valence-corrected chi connectivity index (χ3v) is 3.19. The summed E-state index contributed by atoms with van der Waals surface area (Å²) in [5.74, 6) is -0.580. The van der Waals surface area contributed by atoms with Crippen LogP contribution in [0.15, 0.2) is 36.4 Å². The van der Waals surface area contributed by atoms with Gasteiger partial charge in [-0.25, -0.2) is 4.39 Å². The van der Waals surface area contributed by atoms with Crippen LogP contribution in [-0.4, -0.2) is 13.0 Å². The zero-order chi connectivity index (χ0) is 14.7. The maximum Gasteiger partial charge on any atom is 0.255 e. The van der Waals surface area contributed by atoms with Crippen molar-refractivity contribution in [2.45, 2.75) is 13.8 Å². The van der Waals surface area contributed by atoms with Gasteiger partial charge in [0.2, 0.25) is 0 Å². The lowest BCUT2D eigenvalue weighted by Gasteiger charge is -2.09. The highest BCUT2D eigenvalue weighted by Gasteiger charge is 2.09. The van der Waals surface area contributed by atoms with E-state index in [9.17, 15) is 9.18 Å². The van der Waals surface area contributed by atoms with E-state index in [0.717, 1.165) is 11.3 Å². The molecule has 0 aliphatic carbocycles. The molecule has 0 saturated heterocycles. The Balaban J connectivity index is 2.19. The summed E-state index contributed by atoms with van der Waals surface area (Å²) in [6.45, 7) is 3.61. The summed E-state index contributed by atoms with van der Waals surface area (Å²) in [7, 11) is 1.83. The fourth-order valence-electron chi connectivity index (χ4n) is 1.96. The van der Waals surface area contributed by atoms with Crippen LogP contribution in [0.5, 0.6) is 0 Å². The van der Waals surface area contributed by atoms with Gasteiger partial charge in [0.05, 0.1) is 0 Å². The summed E-state index contributed by atoms with van der Waals surface area (Å²) >= 11 is 0. The van der Waals surface area contributed by atoms with E-state index < -0.39 is 0 Å². The topological polar surface area (TPSA) is 41.1 Å². The number of carbonyl (C=O) groups excluding carboxylic acids is 1. The standard InChI is InChI=1S/C16H17FN2O/c1-10-4-6-13(9-14(10)17)19-16(20)12-5-7-15(18-3)11(2)8-12/h4-9,18H,1-3H3,(H,19,20). The van der Waals surface area contributed by atoms with Crippen LogP contribution in [-0.2, 0) is 0 Å². The van der Waals surface area contributed by atoms with Crippen molar-refractivity contribution in [2.24, 2.45) is 0 Å². The molecule has 0 unspecified atom stereocenters. The lowest BCUT2D eigenvalue weighted by atomic mass is 10.1. The van der Waals surface area contributed by atoms with Gasteiger partial charge in [-0.1, -0.05) is 6.07 Å². The summed E-state index contributed by atoms with van der Waals surface area (Å²) in [4.78, 5) is 12.1. The molecule has 3 nitrogen and oxygen atoms in total. The van der Waals surface area contributed by atoms with Crippen LogP contribution in [0.3, 0.4) is 0 Å². The fourth-order valence-corrected chi connectivity index (χ4v) is 1.96. The Bertz CT molecular complexity index is 653. The molecule has 1 amide bonds. The van der Waals surface area contributed by atoms with E-state index >= 15 is 0 Å². The third-order valence-electron chi connectivity index (χ3n) is 3.19. The molecule has 2 aromatic rings. The van der Waals surface area contributed by atoms with E-state index in [1.807, 2.05) is 20.0 Å². The average Bonchev–Trinajstić information content (AvgIpc) is 2.42. The van der Waals surface area contributed by atoms with Crippen LogP contribution in [0.2, 0.25) is 0 Å². The number of benzene rings is 2. The van der Waals surface area contributed by atoms with Gasteiger partial charge in [0.25, 0.3) is 5.91 Å². The number of nitrogens with one attached hydrogen (secondary N) is 2. The highest BCUT2D eigenvalue weighted by atomic mass is 19.1. The molecule has 0 aromatic heterocycles. The van der Waals surface area contributed by atoms with Crippen LogP contribution < -0.4 is 10.6 Å². The molecular weight excluding hydrogens is 255 g/mol. The Kier molecular flexibility index (Phi) is 4.03. The van der Waals surface area contributed by atoms with Crippen molar-refractivity contribution in [3.63, 3.8) is 0 Å². The Morgan fingerprint density at radius 3 is 2.40 bits per heavy atom. The van der Waals surface area contributed by atoms with Crippen LogP contribution in [0.1, 0.15) is 21.5 Å². The van der Waals surface area contributed by atoms with Crippen molar-refractivity contribution >= 4 is 17.3 Å². The van der Waals surface area contributed by atoms with Gasteiger partial charge >= 0.3 is 0 Å². The molecule has 0 saturated carbocycles. The zero-order valence-corrected chi connectivity index (χ0v) is 11.8. The molecule has 104 valence electrons. The number of halogens is 1.